The number of unbranched alkanes of at least 4 members (excludes halogenated alkanes) is 2. The molecule has 0 fully saturated rings. The van der Waals surface area contributed by atoms with E-state index in [0.717, 1.165) is 18.8 Å². The zero-order chi connectivity index (χ0) is 13.1. The van der Waals surface area contributed by atoms with E-state index in [2.05, 4.69) is 24.2 Å². The topological polar surface area (TPSA) is 93.5 Å². The molecular formula is C12H26N4O. The van der Waals surface area contributed by atoms with E-state index in [4.69, 9.17) is 11.5 Å². The number of hydrogen-bond donors (Lipinski definition) is 3. The summed E-state index contributed by atoms with van der Waals surface area (Å²) in [5.41, 5.74) is 10.3. The average molecular weight is 242 g/mol. The third kappa shape index (κ3) is 12.7. The van der Waals surface area contributed by atoms with E-state index < -0.39 is 0 Å². The van der Waals surface area contributed by atoms with Crippen molar-refractivity contribution < 1.29 is 4.79 Å². The molecule has 1 amide bonds. The number of carbonyl (C=O) groups excluding carboxylic acids is 1. The van der Waals surface area contributed by atoms with E-state index in [1.807, 2.05) is 0 Å². The van der Waals surface area contributed by atoms with Gasteiger partial charge in [-0.15, -0.1) is 0 Å². The van der Waals surface area contributed by atoms with E-state index >= 15 is 0 Å². The molecule has 5 N–H and O–H groups in total. The highest BCUT2D eigenvalue weighted by molar-refractivity contribution is 5.76. The highest BCUT2D eigenvalue weighted by Gasteiger charge is 2.00. The van der Waals surface area contributed by atoms with E-state index in [9.17, 15) is 4.79 Å². The molecule has 0 atom stereocenters. The summed E-state index contributed by atoms with van der Waals surface area (Å²) in [7, 11) is 0. The summed E-state index contributed by atoms with van der Waals surface area (Å²) in [6, 6.07) is 0. The van der Waals surface area contributed by atoms with Crippen LogP contribution in [0.2, 0.25) is 0 Å². The fourth-order valence-corrected chi connectivity index (χ4v) is 1.48. The molecule has 100 valence electrons. The lowest BCUT2D eigenvalue weighted by molar-refractivity contribution is -0.121. The molecule has 0 bridgehead atoms. The van der Waals surface area contributed by atoms with Crippen LogP contribution < -0.4 is 16.8 Å². The normalized spacial score (nSPS) is 10.3. The second kappa shape index (κ2) is 9.93. The number of rotatable bonds is 9. The number of nitrogens with zero attached hydrogens (tertiary/aromatic N) is 1. The monoisotopic (exact) mass is 242 g/mol. The Balaban J connectivity index is 3.32. The maximum absolute atomic E-state index is 11.4. The van der Waals surface area contributed by atoms with Gasteiger partial charge in [-0.3, -0.25) is 9.79 Å². The first-order valence-corrected chi connectivity index (χ1v) is 6.34. The molecule has 0 heterocycles. The Hall–Kier alpha value is -1.26. The Morgan fingerprint density at radius 2 is 1.94 bits per heavy atom. The molecule has 17 heavy (non-hydrogen) atoms. The number of amides is 1. The van der Waals surface area contributed by atoms with Crippen molar-refractivity contribution in [3.05, 3.63) is 0 Å². The first-order chi connectivity index (χ1) is 8.02. The van der Waals surface area contributed by atoms with Gasteiger partial charge in [-0.2, -0.15) is 0 Å². The zero-order valence-electron chi connectivity index (χ0n) is 11.0. The molecule has 5 heteroatoms. The molecule has 0 radical (unpaired) electrons. The third-order valence-corrected chi connectivity index (χ3v) is 2.41. The summed E-state index contributed by atoms with van der Waals surface area (Å²) in [5, 5.41) is 2.78. The summed E-state index contributed by atoms with van der Waals surface area (Å²) in [5.74, 6) is 0.900. The molecule has 5 nitrogen and oxygen atoms in total. The van der Waals surface area contributed by atoms with Gasteiger partial charge in [-0.05, 0) is 12.3 Å². The summed E-state index contributed by atoms with van der Waals surface area (Å²) >= 11 is 0. The Bertz CT molecular complexity index is 235. The van der Waals surface area contributed by atoms with Crippen LogP contribution in [0.5, 0.6) is 0 Å². The van der Waals surface area contributed by atoms with Gasteiger partial charge in [0.15, 0.2) is 5.96 Å². The summed E-state index contributed by atoms with van der Waals surface area (Å²) in [4.78, 5) is 15.1. The van der Waals surface area contributed by atoms with Crippen LogP contribution in [-0.4, -0.2) is 25.0 Å². The first kappa shape index (κ1) is 15.7. The Morgan fingerprint density at radius 1 is 1.24 bits per heavy atom. The Kier molecular flexibility index (Phi) is 9.19. The predicted molar refractivity (Wildman–Crippen MR) is 71.6 cm³/mol. The average Bonchev–Trinajstić information content (AvgIpc) is 2.23. The fraction of sp³-hybridized carbons (Fsp3) is 0.833. The third-order valence-electron chi connectivity index (χ3n) is 2.41. The molecule has 0 aliphatic rings. The molecule has 0 aromatic heterocycles. The minimum Gasteiger partial charge on any atom is -0.370 e. The van der Waals surface area contributed by atoms with Gasteiger partial charge in [-0.1, -0.05) is 33.1 Å². The zero-order valence-corrected chi connectivity index (χ0v) is 11.0. The number of nitrogens with two attached hydrogens (primary N) is 2. The van der Waals surface area contributed by atoms with Crippen molar-refractivity contribution in [2.75, 3.05) is 13.1 Å². The van der Waals surface area contributed by atoms with Crippen LogP contribution in [0.4, 0.5) is 0 Å². The molecular weight excluding hydrogens is 216 g/mol. The maximum Gasteiger partial charge on any atom is 0.220 e. The molecule has 0 aromatic rings. The SMILES string of the molecule is CC(C)CCCCCC(=O)NCCN=C(N)N. The smallest absolute Gasteiger partial charge is 0.220 e. The second-order valence-corrected chi connectivity index (χ2v) is 4.65. The van der Waals surface area contributed by atoms with Crippen LogP contribution in [0.3, 0.4) is 0 Å². The molecule has 0 saturated heterocycles. The lowest BCUT2D eigenvalue weighted by Crippen LogP contribution is -2.28. The molecule has 0 spiro atoms. The number of aliphatic imine (C=N–C) groups is 1. The fourth-order valence-electron chi connectivity index (χ4n) is 1.48. The van der Waals surface area contributed by atoms with Crippen molar-refractivity contribution >= 4 is 11.9 Å². The number of carbonyl (C=O) groups is 1. The summed E-state index contributed by atoms with van der Waals surface area (Å²) in [6.07, 6.45) is 5.13. The van der Waals surface area contributed by atoms with Crippen molar-refractivity contribution in [1.82, 2.24) is 5.32 Å². The lowest BCUT2D eigenvalue weighted by atomic mass is 10.0. The Labute approximate surface area is 104 Å². The van der Waals surface area contributed by atoms with Gasteiger partial charge < -0.3 is 16.8 Å². The molecule has 0 saturated carbocycles. The van der Waals surface area contributed by atoms with E-state index in [1.165, 1.54) is 12.8 Å². The molecule has 0 aliphatic carbocycles. The van der Waals surface area contributed by atoms with Crippen LogP contribution >= 0.6 is 0 Å². The summed E-state index contributed by atoms with van der Waals surface area (Å²) in [6.45, 7) is 5.39. The minimum absolute atomic E-state index is 0.0629. The van der Waals surface area contributed by atoms with E-state index in [0.29, 0.717) is 19.5 Å². The quantitative estimate of drug-likeness (QED) is 0.319. The van der Waals surface area contributed by atoms with Gasteiger partial charge in [0, 0.05) is 13.0 Å². The van der Waals surface area contributed by atoms with Gasteiger partial charge in [0.25, 0.3) is 0 Å². The van der Waals surface area contributed by atoms with Gasteiger partial charge in [0.2, 0.25) is 5.91 Å². The highest BCUT2D eigenvalue weighted by Crippen LogP contribution is 2.09. The Morgan fingerprint density at radius 3 is 2.53 bits per heavy atom. The molecule has 0 rings (SSSR count). The number of guanidine groups is 1. The number of hydrogen-bond acceptors (Lipinski definition) is 2. The first-order valence-electron chi connectivity index (χ1n) is 6.34. The van der Waals surface area contributed by atoms with E-state index in [-0.39, 0.29) is 11.9 Å². The van der Waals surface area contributed by atoms with E-state index in [1.54, 1.807) is 0 Å². The van der Waals surface area contributed by atoms with Crippen LogP contribution in [-0.2, 0) is 4.79 Å². The minimum atomic E-state index is 0.0629. The molecule has 0 aliphatic heterocycles. The summed E-state index contributed by atoms with van der Waals surface area (Å²) < 4.78 is 0. The van der Waals surface area contributed by atoms with Gasteiger partial charge >= 0.3 is 0 Å². The maximum atomic E-state index is 11.4. The number of nitrogens with one attached hydrogen (secondary N) is 1. The van der Waals surface area contributed by atoms with Crippen LogP contribution in [0.25, 0.3) is 0 Å². The molecule has 0 aromatic carbocycles. The van der Waals surface area contributed by atoms with Gasteiger partial charge in [0.1, 0.15) is 0 Å². The van der Waals surface area contributed by atoms with Gasteiger partial charge in [-0.25, -0.2) is 0 Å². The molecule has 0 unspecified atom stereocenters. The second-order valence-electron chi connectivity index (χ2n) is 4.65. The van der Waals surface area contributed by atoms with Crippen molar-refractivity contribution in [2.24, 2.45) is 22.4 Å². The van der Waals surface area contributed by atoms with Crippen LogP contribution in [0.1, 0.15) is 46.0 Å². The van der Waals surface area contributed by atoms with Crippen molar-refractivity contribution in [3.63, 3.8) is 0 Å². The lowest BCUT2D eigenvalue weighted by Gasteiger charge is -2.05. The van der Waals surface area contributed by atoms with Crippen LogP contribution in [0.15, 0.2) is 4.99 Å². The van der Waals surface area contributed by atoms with Gasteiger partial charge in [0.05, 0.1) is 6.54 Å². The largest absolute Gasteiger partial charge is 0.370 e. The van der Waals surface area contributed by atoms with Crippen molar-refractivity contribution in [2.45, 2.75) is 46.0 Å². The van der Waals surface area contributed by atoms with Crippen LogP contribution in [0, 0.1) is 5.92 Å². The van der Waals surface area contributed by atoms with Crippen molar-refractivity contribution in [3.8, 4) is 0 Å². The standard InChI is InChI=1S/C12H26N4O/c1-10(2)6-4-3-5-7-11(17)15-8-9-16-12(13)14/h10H,3-9H2,1-2H3,(H,15,17)(H4,13,14,16). The predicted octanol–water partition coefficient (Wildman–Crippen LogP) is 0.983. The highest BCUT2D eigenvalue weighted by atomic mass is 16.1. The van der Waals surface area contributed by atoms with Crippen molar-refractivity contribution in [1.29, 1.82) is 0 Å².